The van der Waals surface area contributed by atoms with Crippen LogP contribution in [0.5, 0.6) is 0 Å². The van der Waals surface area contributed by atoms with Gasteiger partial charge in [-0.25, -0.2) is 0 Å². The van der Waals surface area contributed by atoms with Crippen molar-refractivity contribution in [3.05, 3.63) is 57.2 Å². The molecular formula is C15H18ClNOS. The Balaban J connectivity index is 2.10. The fourth-order valence-electron chi connectivity index (χ4n) is 2.09. The van der Waals surface area contributed by atoms with E-state index in [-0.39, 0.29) is 12.1 Å². The van der Waals surface area contributed by atoms with E-state index in [1.807, 2.05) is 37.3 Å². The summed E-state index contributed by atoms with van der Waals surface area (Å²) in [5, 5.41) is 0. The van der Waals surface area contributed by atoms with Crippen LogP contribution in [0.1, 0.15) is 23.5 Å². The first kappa shape index (κ1) is 14.5. The van der Waals surface area contributed by atoms with Crippen LogP contribution in [0.2, 0.25) is 4.34 Å². The molecule has 0 radical (unpaired) electrons. The molecule has 0 aliphatic heterocycles. The molecule has 2 atom stereocenters. The zero-order chi connectivity index (χ0) is 13.7. The van der Waals surface area contributed by atoms with Crippen molar-refractivity contribution in [2.75, 3.05) is 6.61 Å². The van der Waals surface area contributed by atoms with Gasteiger partial charge in [0.15, 0.2) is 0 Å². The Morgan fingerprint density at radius 1 is 1.21 bits per heavy atom. The number of hydrogen-bond acceptors (Lipinski definition) is 3. The monoisotopic (exact) mass is 295 g/mol. The van der Waals surface area contributed by atoms with Gasteiger partial charge in [-0.15, -0.1) is 11.3 Å². The van der Waals surface area contributed by atoms with Crippen molar-refractivity contribution in [2.24, 2.45) is 5.73 Å². The topological polar surface area (TPSA) is 35.2 Å². The van der Waals surface area contributed by atoms with Gasteiger partial charge in [0.25, 0.3) is 0 Å². The summed E-state index contributed by atoms with van der Waals surface area (Å²) in [5.74, 6) is 0. The molecule has 0 bridgehead atoms. The minimum absolute atomic E-state index is 0.0722. The van der Waals surface area contributed by atoms with Crippen LogP contribution in [0.4, 0.5) is 0 Å². The van der Waals surface area contributed by atoms with Crippen molar-refractivity contribution in [1.29, 1.82) is 0 Å². The first-order chi connectivity index (χ1) is 9.20. The second kappa shape index (κ2) is 7.06. The molecule has 0 saturated carbocycles. The molecule has 1 aromatic carbocycles. The number of hydrogen-bond donors (Lipinski definition) is 1. The van der Waals surface area contributed by atoms with Crippen molar-refractivity contribution in [1.82, 2.24) is 0 Å². The summed E-state index contributed by atoms with van der Waals surface area (Å²) in [6, 6.07) is 14.0. The van der Waals surface area contributed by atoms with Crippen LogP contribution in [-0.2, 0) is 11.2 Å². The Labute approximate surface area is 123 Å². The van der Waals surface area contributed by atoms with Crippen molar-refractivity contribution >= 4 is 22.9 Å². The van der Waals surface area contributed by atoms with Crippen LogP contribution in [-0.4, -0.2) is 12.6 Å². The minimum Gasteiger partial charge on any atom is -0.372 e. The summed E-state index contributed by atoms with van der Waals surface area (Å²) in [6.07, 6.45) is 0.698. The maximum absolute atomic E-state index is 6.32. The summed E-state index contributed by atoms with van der Waals surface area (Å²) < 4.78 is 6.62. The quantitative estimate of drug-likeness (QED) is 0.872. The summed E-state index contributed by atoms with van der Waals surface area (Å²) >= 11 is 7.52. The maximum atomic E-state index is 6.32. The van der Waals surface area contributed by atoms with E-state index in [0.29, 0.717) is 6.61 Å². The van der Waals surface area contributed by atoms with E-state index in [9.17, 15) is 0 Å². The van der Waals surface area contributed by atoms with E-state index >= 15 is 0 Å². The summed E-state index contributed by atoms with van der Waals surface area (Å²) in [5.41, 5.74) is 7.44. The predicted octanol–water partition coefficient (Wildman–Crippen LogP) is 4.05. The van der Waals surface area contributed by atoms with Crippen LogP contribution in [0, 0.1) is 0 Å². The molecule has 2 aromatic rings. The van der Waals surface area contributed by atoms with Crippen LogP contribution < -0.4 is 5.73 Å². The number of thiophene rings is 1. The lowest BCUT2D eigenvalue weighted by atomic mass is 9.99. The van der Waals surface area contributed by atoms with Gasteiger partial charge in [0.1, 0.15) is 0 Å². The van der Waals surface area contributed by atoms with Crippen molar-refractivity contribution < 1.29 is 4.74 Å². The molecule has 0 saturated heterocycles. The molecule has 2 unspecified atom stereocenters. The minimum atomic E-state index is -0.0768. The molecule has 0 spiro atoms. The highest BCUT2D eigenvalue weighted by Gasteiger charge is 2.20. The van der Waals surface area contributed by atoms with Gasteiger partial charge in [-0.2, -0.15) is 0 Å². The van der Waals surface area contributed by atoms with Crippen LogP contribution in [0.3, 0.4) is 0 Å². The van der Waals surface area contributed by atoms with Gasteiger partial charge in [-0.1, -0.05) is 41.9 Å². The Morgan fingerprint density at radius 3 is 2.53 bits per heavy atom. The van der Waals surface area contributed by atoms with E-state index in [1.54, 1.807) is 11.3 Å². The lowest BCUT2D eigenvalue weighted by molar-refractivity contribution is 0.0435. The van der Waals surface area contributed by atoms with Gasteiger partial charge in [0.2, 0.25) is 0 Å². The van der Waals surface area contributed by atoms with Crippen LogP contribution in [0.25, 0.3) is 0 Å². The van der Waals surface area contributed by atoms with E-state index < -0.39 is 0 Å². The van der Waals surface area contributed by atoms with Crippen molar-refractivity contribution in [3.8, 4) is 0 Å². The van der Waals surface area contributed by atoms with Gasteiger partial charge in [0.05, 0.1) is 10.4 Å². The molecule has 1 heterocycles. The first-order valence-corrected chi connectivity index (χ1v) is 7.56. The molecule has 19 heavy (non-hydrogen) atoms. The molecule has 2 rings (SSSR count). The molecular weight excluding hydrogens is 278 g/mol. The molecule has 2 N–H and O–H groups in total. The molecule has 0 fully saturated rings. The average molecular weight is 296 g/mol. The highest BCUT2D eigenvalue weighted by Crippen LogP contribution is 2.27. The van der Waals surface area contributed by atoms with E-state index in [4.69, 9.17) is 22.1 Å². The number of ether oxygens (including phenoxy) is 1. The van der Waals surface area contributed by atoms with Gasteiger partial charge < -0.3 is 10.5 Å². The van der Waals surface area contributed by atoms with Crippen molar-refractivity contribution in [3.63, 3.8) is 0 Å². The molecule has 0 aliphatic carbocycles. The predicted molar refractivity (Wildman–Crippen MR) is 81.8 cm³/mol. The Kier molecular flexibility index (Phi) is 5.40. The molecule has 0 aliphatic rings. The number of halogens is 1. The molecule has 2 nitrogen and oxygen atoms in total. The Bertz CT molecular complexity index is 500. The van der Waals surface area contributed by atoms with Crippen molar-refractivity contribution in [2.45, 2.75) is 25.5 Å². The summed E-state index contributed by atoms with van der Waals surface area (Å²) in [4.78, 5) is 1.19. The molecule has 102 valence electrons. The van der Waals surface area contributed by atoms with Gasteiger partial charge in [-0.3, -0.25) is 0 Å². The normalized spacial score (nSPS) is 14.3. The third-order valence-corrected chi connectivity index (χ3v) is 4.18. The van der Waals surface area contributed by atoms with E-state index in [0.717, 1.165) is 16.3 Å². The molecule has 1 aromatic heterocycles. The second-order valence-corrected chi connectivity index (χ2v) is 6.16. The fourth-order valence-corrected chi connectivity index (χ4v) is 3.25. The smallest absolute Gasteiger partial charge is 0.0979 e. The van der Waals surface area contributed by atoms with E-state index in [2.05, 4.69) is 12.1 Å². The largest absolute Gasteiger partial charge is 0.372 e. The van der Waals surface area contributed by atoms with Crippen LogP contribution in [0.15, 0.2) is 42.5 Å². The highest BCUT2D eigenvalue weighted by molar-refractivity contribution is 7.16. The van der Waals surface area contributed by atoms with E-state index in [1.165, 1.54) is 4.88 Å². The average Bonchev–Trinajstić information content (AvgIpc) is 2.82. The summed E-state index contributed by atoms with van der Waals surface area (Å²) in [6.45, 7) is 2.64. The molecule has 0 amide bonds. The van der Waals surface area contributed by atoms with Crippen LogP contribution >= 0.6 is 22.9 Å². The third kappa shape index (κ3) is 4.05. The number of rotatable bonds is 6. The third-order valence-electron chi connectivity index (χ3n) is 2.93. The maximum Gasteiger partial charge on any atom is 0.0979 e. The first-order valence-electron chi connectivity index (χ1n) is 6.37. The SMILES string of the molecule is CCOC(c1ccccc1)C(N)Cc1ccc(Cl)s1. The lowest BCUT2D eigenvalue weighted by Crippen LogP contribution is -2.32. The zero-order valence-corrected chi connectivity index (χ0v) is 12.5. The number of benzene rings is 1. The Hall–Kier alpha value is -0.870. The fraction of sp³-hybridized carbons (Fsp3) is 0.333. The van der Waals surface area contributed by atoms with Gasteiger partial charge >= 0.3 is 0 Å². The highest BCUT2D eigenvalue weighted by atomic mass is 35.5. The molecule has 4 heteroatoms. The van der Waals surface area contributed by atoms with Gasteiger partial charge in [-0.05, 0) is 31.0 Å². The lowest BCUT2D eigenvalue weighted by Gasteiger charge is -2.24. The second-order valence-electron chi connectivity index (χ2n) is 4.36. The Morgan fingerprint density at radius 2 is 1.95 bits per heavy atom. The number of nitrogens with two attached hydrogens (primary N) is 1. The zero-order valence-electron chi connectivity index (χ0n) is 10.9. The van der Waals surface area contributed by atoms with Gasteiger partial charge in [0, 0.05) is 17.5 Å². The standard InChI is InChI=1S/C15H18ClNOS/c1-2-18-15(11-6-4-3-5-7-11)13(17)10-12-8-9-14(16)19-12/h3-9,13,15H,2,10,17H2,1H3. The summed E-state index contributed by atoms with van der Waals surface area (Å²) in [7, 11) is 0.